The number of morpholine rings is 1. The normalized spacial score (nSPS) is 14.5. The fraction of sp³-hybridized carbons (Fsp3) is 0.192. The van der Waals surface area contributed by atoms with Crippen molar-refractivity contribution >= 4 is 28.2 Å². The van der Waals surface area contributed by atoms with Gasteiger partial charge in [-0.25, -0.2) is 10.4 Å². The Hall–Kier alpha value is -3.97. The first-order valence-corrected chi connectivity index (χ1v) is 10.9. The number of carbonyl (C=O) groups is 1. The van der Waals surface area contributed by atoms with E-state index in [9.17, 15) is 4.79 Å². The minimum absolute atomic E-state index is 0.300. The lowest BCUT2D eigenvalue weighted by Gasteiger charge is -2.28. The van der Waals surface area contributed by atoms with Crippen LogP contribution in [-0.4, -0.2) is 42.9 Å². The lowest BCUT2D eigenvalue weighted by atomic mass is 10.1. The number of benzene rings is 2. The zero-order chi connectivity index (χ0) is 22.6. The van der Waals surface area contributed by atoms with Crippen LogP contribution < -0.4 is 10.3 Å². The topological polar surface area (TPSA) is 80.0 Å². The van der Waals surface area contributed by atoms with Crippen molar-refractivity contribution in [2.24, 2.45) is 5.10 Å². The van der Waals surface area contributed by atoms with Crippen LogP contribution in [0.4, 0.5) is 5.69 Å². The molecular weight excluding hydrogens is 416 g/mol. The molecule has 7 nitrogen and oxygen atoms in total. The summed E-state index contributed by atoms with van der Waals surface area (Å²) in [5, 5.41) is 5.11. The molecule has 0 saturated carbocycles. The van der Waals surface area contributed by atoms with Crippen molar-refractivity contribution in [1.29, 1.82) is 0 Å². The van der Waals surface area contributed by atoms with Crippen LogP contribution in [0.25, 0.3) is 22.4 Å². The first kappa shape index (κ1) is 20.9. The zero-order valence-electron chi connectivity index (χ0n) is 18.3. The number of aromatic nitrogens is 1. The molecule has 1 N–H and O–H groups in total. The standard InChI is InChI=1S/C26H24N4O3/c1-18(19-8-10-20(11-9-19)30-12-15-32-16-13-30)28-29-26(31)22-17-24(25-7-4-14-33-25)27-23-6-3-2-5-21(22)23/h2-11,14,17H,12-13,15-16H2,1H3,(H,29,31). The van der Waals surface area contributed by atoms with Gasteiger partial charge >= 0.3 is 0 Å². The van der Waals surface area contributed by atoms with Crippen LogP contribution in [0.3, 0.4) is 0 Å². The van der Waals surface area contributed by atoms with Gasteiger partial charge in [0.25, 0.3) is 5.91 Å². The second-order valence-corrected chi connectivity index (χ2v) is 7.83. The molecule has 1 saturated heterocycles. The molecule has 4 aromatic rings. The van der Waals surface area contributed by atoms with E-state index in [-0.39, 0.29) is 5.91 Å². The van der Waals surface area contributed by atoms with Gasteiger partial charge in [-0.1, -0.05) is 30.3 Å². The number of nitrogens with zero attached hydrogens (tertiary/aromatic N) is 3. The van der Waals surface area contributed by atoms with Crippen LogP contribution in [-0.2, 0) is 4.74 Å². The van der Waals surface area contributed by atoms with Gasteiger partial charge < -0.3 is 14.1 Å². The minimum atomic E-state index is -0.300. The number of furan rings is 1. The fourth-order valence-corrected chi connectivity index (χ4v) is 3.91. The number of fused-ring (bicyclic) bond motifs is 1. The highest BCUT2D eigenvalue weighted by molar-refractivity contribution is 6.08. The molecule has 0 radical (unpaired) electrons. The predicted molar refractivity (Wildman–Crippen MR) is 129 cm³/mol. The smallest absolute Gasteiger partial charge is 0.272 e. The Morgan fingerprint density at radius 3 is 2.58 bits per heavy atom. The van der Waals surface area contributed by atoms with Gasteiger partial charge in [0.05, 0.1) is 36.3 Å². The monoisotopic (exact) mass is 440 g/mol. The summed E-state index contributed by atoms with van der Waals surface area (Å²) in [4.78, 5) is 20.0. The predicted octanol–water partition coefficient (Wildman–Crippen LogP) is 4.49. The fourth-order valence-electron chi connectivity index (χ4n) is 3.91. The summed E-state index contributed by atoms with van der Waals surface area (Å²) >= 11 is 0. The Morgan fingerprint density at radius 1 is 1.03 bits per heavy atom. The molecule has 1 amide bonds. The molecule has 5 rings (SSSR count). The first-order valence-electron chi connectivity index (χ1n) is 10.9. The third-order valence-corrected chi connectivity index (χ3v) is 5.72. The molecule has 1 aliphatic heterocycles. The van der Waals surface area contributed by atoms with Crippen molar-refractivity contribution in [2.45, 2.75) is 6.92 Å². The molecule has 7 heteroatoms. The van der Waals surface area contributed by atoms with Crippen LogP contribution in [0.1, 0.15) is 22.8 Å². The highest BCUT2D eigenvalue weighted by Crippen LogP contribution is 2.25. The zero-order valence-corrected chi connectivity index (χ0v) is 18.3. The summed E-state index contributed by atoms with van der Waals surface area (Å²) in [6.07, 6.45) is 1.59. The number of pyridine rings is 1. The Morgan fingerprint density at radius 2 is 1.82 bits per heavy atom. The molecule has 0 spiro atoms. The van der Waals surface area contributed by atoms with Crippen molar-refractivity contribution in [2.75, 3.05) is 31.2 Å². The van der Waals surface area contributed by atoms with E-state index in [1.165, 1.54) is 0 Å². The average molecular weight is 441 g/mol. The van der Waals surface area contributed by atoms with Crippen LogP contribution in [0, 0.1) is 0 Å². The van der Waals surface area contributed by atoms with Gasteiger partial charge in [0.15, 0.2) is 5.76 Å². The Bertz CT molecular complexity index is 1290. The Labute approximate surface area is 191 Å². The number of hydrogen-bond acceptors (Lipinski definition) is 6. The quantitative estimate of drug-likeness (QED) is 0.365. The molecular formula is C26H24N4O3. The number of rotatable bonds is 5. The molecule has 3 heterocycles. The second kappa shape index (κ2) is 9.26. The third kappa shape index (κ3) is 4.49. The maximum atomic E-state index is 13.1. The van der Waals surface area contributed by atoms with Crippen molar-refractivity contribution in [1.82, 2.24) is 10.4 Å². The SMILES string of the molecule is CC(=NNC(=O)c1cc(-c2ccco2)nc2ccccc12)c1ccc(N2CCOCC2)cc1. The van der Waals surface area contributed by atoms with Crippen molar-refractivity contribution in [3.05, 3.63) is 84.1 Å². The second-order valence-electron chi connectivity index (χ2n) is 7.83. The average Bonchev–Trinajstić information content (AvgIpc) is 3.42. The van der Waals surface area contributed by atoms with Gasteiger partial charge in [0.2, 0.25) is 0 Å². The van der Waals surface area contributed by atoms with E-state index in [4.69, 9.17) is 9.15 Å². The molecule has 33 heavy (non-hydrogen) atoms. The largest absolute Gasteiger partial charge is 0.463 e. The Balaban J connectivity index is 1.37. The van der Waals surface area contributed by atoms with E-state index in [0.717, 1.165) is 54.2 Å². The summed E-state index contributed by atoms with van der Waals surface area (Å²) in [7, 11) is 0. The molecule has 0 aliphatic carbocycles. The number of hydrogen-bond donors (Lipinski definition) is 1. The number of anilines is 1. The summed E-state index contributed by atoms with van der Waals surface area (Å²) < 4.78 is 10.9. The van der Waals surface area contributed by atoms with Gasteiger partial charge in [0.1, 0.15) is 5.69 Å². The Kier molecular flexibility index (Phi) is 5.87. The van der Waals surface area contributed by atoms with Crippen LogP contribution in [0.5, 0.6) is 0 Å². The summed E-state index contributed by atoms with van der Waals surface area (Å²) in [6.45, 7) is 5.16. The van der Waals surface area contributed by atoms with Crippen LogP contribution in [0.2, 0.25) is 0 Å². The maximum absolute atomic E-state index is 13.1. The highest BCUT2D eigenvalue weighted by Gasteiger charge is 2.15. The summed E-state index contributed by atoms with van der Waals surface area (Å²) in [6, 6.07) is 21.1. The van der Waals surface area contributed by atoms with Gasteiger partial charge in [-0.05, 0) is 48.9 Å². The summed E-state index contributed by atoms with van der Waals surface area (Å²) in [5.41, 5.74) is 7.34. The van der Waals surface area contributed by atoms with E-state index >= 15 is 0 Å². The third-order valence-electron chi connectivity index (χ3n) is 5.72. The maximum Gasteiger partial charge on any atom is 0.272 e. The van der Waals surface area contributed by atoms with Crippen molar-refractivity contribution < 1.29 is 13.9 Å². The van der Waals surface area contributed by atoms with Gasteiger partial charge in [-0.2, -0.15) is 5.10 Å². The van der Waals surface area contributed by atoms with E-state index in [0.29, 0.717) is 17.0 Å². The first-order chi connectivity index (χ1) is 16.2. The lowest BCUT2D eigenvalue weighted by Crippen LogP contribution is -2.36. The van der Waals surface area contributed by atoms with Gasteiger partial charge in [0, 0.05) is 24.2 Å². The molecule has 1 fully saturated rings. The molecule has 0 bridgehead atoms. The number of para-hydroxylation sites is 1. The van der Waals surface area contributed by atoms with Gasteiger partial charge in [-0.3, -0.25) is 4.79 Å². The van der Waals surface area contributed by atoms with Crippen molar-refractivity contribution in [3.8, 4) is 11.5 Å². The van der Waals surface area contributed by atoms with E-state index in [1.54, 1.807) is 18.4 Å². The molecule has 1 aliphatic rings. The number of amides is 1. The number of ether oxygens (including phenoxy) is 1. The lowest BCUT2D eigenvalue weighted by molar-refractivity contribution is 0.0956. The minimum Gasteiger partial charge on any atom is -0.463 e. The van der Waals surface area contributed by atoms with Crippen molar-refractivity contribution in [3.63, 3.8) is 0 Å². The van der Waals surface area contributed by atoms with Crippen LogP contribution in [0.15, 0.2) is 82.5 Å². The number of carbonyl (C=O) groups excluding carboxylic acids is 1. The molecule has 0 atom stereocenters. The highest BCUT2D eigenvalue weighted by atomic mass is 16.5. The number of hydrazone groups is 1. The molecule has 2 aromatic heterocycles. The molecule has 0 unspecified atom stereocenters. The molecule has 166 valence electrons. The molecule has 2 aromatic carbocycles. The van der Waals surface area contributed by atoms with Crippen LogP contribution >= 0.6 is 0 Å². The van der Waals surface area contributed by atoms with E-state index < -0.39 is 0 Å². The number of nitrogens with one attached hydrogen (secondary N) is 1. The van der Waals surface area contributed by atoms with E-state index in [2.05, 4.69) is 32.5 Å². The van der Waals surface area contributed by atoms with E-state index in [1.807, 2.05) is 49.4 Å². The summed E-state index contributed by atoms with van der Waals surface area (Å²) in [5.74, 6) is 0.306. The van der Waals surface area contributed by atoms with Gasteiger partial charge in [-0.15, -0.1) is 0 Å².